The molecule has 8 atom stereocenters. The molecule has 0 amide bonds. The molecule has 1 N–H and O–H groups in total. The summed E-state index contributed by atoms with van der Waals surface area (Å²) in [6.45, 7) is 5.71. The van der Waals surface area contributed by atoms with Gasteiger partial charge in [0.15, 0.2) is 17.7 Å². The van der Waals surface area contributed by atoms with Crippen LogP contribution in [-0.2, 0) is 38.0 Å². The Bertz CT molecular complexity index is 940. The lowest BCUT2D eigenvalue weighted by atomic mass is 9.66. The molecule has 7 fully saturated rings. The van der Waals surface area contributed by atoms with Crippen LogP contribution in [-0.4, -0.2) is 70.8 Å². The molecule has 0 aromatic heterocycles. The largest absolute Gasteiger partial charge is 0.454 e. The van der Waals surface area contributed by atoms with Crippen LogP contribution in [0.5, 0.6) is 0 Å². The maximum atomic E-state index is 14.0. The van der Waals surface area contributed by atoms with Gasteiger partial charge < -0.3 is 33.5 Å². The SMILES string of the molecule is CC1(C)[C@@]2(C)CC[C@]1(C(=O)OC1[C@H]3OC4(CCCCC4)O[C@H]3C(O)[C@@H]3OC4(CCCCC4)O[C@@H]13)OC2=O. The zero-order valence-electron chi connectivity index (χ0n) is 22.2. The van der Waals surface area contributed by atoms with Crippen LogP contribution in [0, 0.1) is 10.8 Å². The number of fused-ring (bicyclic) bond motifs is 4. The van der Waals surface area contributed by atoms with E-state index in [1.165, 1.54) is 0 Å². The van der Waals surface area contributed by atoms with Crippen molar-refractivity contribution >= 4 is 11.9 Å². The van der Waals surface area contributed by atoms with Gasteiger partial charge in [-0.1, -0.05) is 26.7 Å². The summed E-state index contributed by atoms with van der Waals surface area (Å²) in [5.41, 5.74) is -2.82. The Morgan fingerprint density at radius 1 is 0.757 bits per heavy atom. The molecule has 0 radical (unpaired) electrons. The third kappa shape index (κ3) is 3.15. The summed E-state index contributed by atoms with van der Waals surface area (Å²) < 4.78 is 38.3. The van der Waals surface area contributed by atoms with Gasteiger partial charge in [-0.3, -0.25) is 4.79 Å². The molecule has 3 aliphatic heterocycles. The number of carbonyl (C=O) groups excluding carboxylic acids is 2. The molecule has 0 aromatic carbocycles. The van der Waals surface area contributed by atoms with Crippen molar-refractivity contribution in [3.8, 4) is 0 Å². The molecular weight excluding hydrogens is 480 g/mol. The van der Waals surface area contributed by atoms with E-state index in [1.54, 1.807) is 0 Å². The Morgan fingerprint density at radius 3 is 1.68 bits per heavy atom. The fourth-order valence-electron chi connectivity index (χ4n) is 8.43. The monoisotopic (exact) mass is 520 g/mol. The highest BCUT2D eigenvalue weighted by Gasteiger charge is 2.77. The Labute approximate surface area is 217 Å². The Morgan fingerprint density at radius 2 is 1.24 bits per heavy atom. The first-order valence-electron chi connectivity index (χ1n) is 14.4. The maximum Gasteiger partial charge on any atom is 0.351 e. The molecule has 37 heavy (non-hydrogen) atoms. The van der Waals surface area contributed by atoms with Crippen molar-refractivity contribution in [2.45, 2.75) is 152 Å². The van der Waals surface area contributed by atoms with E-state index in [1.807, 2.05) is 20.8 Å². The molecule has 2 bridgehead atoms. The number of esters is 2. The van der Waals surface area contributed by atoms with Gasteiger partial charge >= 0.3 is 11.9 Å². The number of hydrogen-bond donors (Lipinski definition) is 1. The number of aliphatic hydroxyl groups excluding tert-OH is 1. The van der Waals surface area contributed by atoms with Crippen LogP contribution in [0.15, 0.2) is 0 Å². The molecule has 2 unspecified atom stereocenters. The summed E-state index contributed by atoms with van der Waals surface area (Å²) in [5.74, 6) is -2.49. The second-order valence-electron chi connectivity index (χ2n) is 13.3. The van der Waals surface area contributed by atoms with Gasteiger partial charge in [-0.2, -0.15) is 0 Å². The standard InChI is InChI=1S/C28H40O9/c1-24(2)25(3)14-15-28(24,37-22(25)30)23(31)32-19-20-17(33-26(35-20)10-6-4-7-11-26)16(29)18-21(19)36-27(34-18)12-8-5-9-13-27/h16-21,29H,4-15H2,1-3H3/t16?,17-,18-,19?,20-,21+,25-,28+/m0/s1. The van der Waals surface area contributed by atoms with Crippen LogP contribution < -0.4 is 0 Å². The Balaban J connectivity index is 1.22. The predicted octanol–water partition coefficient (Wildman–Crippen LogP) is 3.28. The van der Waals surface area contributed by atoms with Crippen LogP contribution in [0.25, 0.3) is 0 Å². The number of hydrogen-bond acceptors (Lipinski definition) is 9. The Hall–Kier alpha value is -1.26. The zero-order valence-corrected chi connectivity index (χ0v) is 22.2. The van der Waals surface area contributed by atoms with Crippen LogP contribution in [0.3, 0.4) is 0 Å². The van der Waals surface area contributed by atoms with E-state index >= 15 is 0 Å². The summed E-state index contributed by atoms with van der Waals surface area (Å²) in [5, 5.41) is 11.5. The molecular formula is C28H40O9. The molecule has 4 saturated carbocycles. The van der Waals surface area contributed by atoms with E-state index in [4.69, 9.17) is 28.4 Å². The zero-order chi connectivity index (χ0) is 25.8. The lowest BCUT2D eigenvalue weighted by molar-refractivity contribution is -0.230. The van der Waals surface area contributed by atoms with E-state index in [9.17, 15) is 14.7 Å². The summed E-state index contributed by atoms with van der Waals surface area (Å²) in [7, 11) is 0. The normalized spacial score (nSPS) is 48.6. The van der Waals surface area contributed by atoms with Crippen molar-refractivity contribution in [2.75, 3.05) is 0 Å². The number of aliphatic hydroxyl groups is 1. The summed E-state index contributed by atoms with van der Waals surface area (Å²) in [6.07, 6.45) is 5.54. The summed E-state index contributed by atoms with van der Waals surface area (Å²) in [6, 6.07) is 0. The molecule has 9 nitrogen and oxygen atoms in total. The quantitative estimate of drug-likeness (QED) is 0.549. The second-order valence-corrected chi connectivity index (χ2v) is 13.3. The molecule has 206 valence electrons. The molecule has 3 saturated heterocycles. The van der Waals surface area contributed by atoms with Crippen molar-refractivity contribution in [3.05, 3.63) is 0 Å². The van der Waals surface area contributed by atoms with Crippen molar-refractivity contribution in [1.82, 2.24) is 0 Å². The Kier molecular flexibility index (Phi) is 5.29. The predicted molar refractivity (Wildman–Crippen MR) is 127 cm³/mol. The maximum absolute atomic E-state index is 14.0. The topological polar surface area (TPSA) is 110 Å². The van der Waals surface area contributed by atoms with E-state index in [2.05, 4.69) is 0 Å². The fraction of sp³-hybridized carbons (Fsp3) is 0.929. The lowest BCUT2D eigenvalue weighted by Crippen LogP contribution is -2.64. The average Bonchev–Trinajstić information content (AvgIpc) is 3.52. The average molecular weight is 521 g/mol. The van der Waals surface area contributed by atoms with Gasteiger partial charge in [0.2, 0.25) is 5.60 Å². The highest BCUT2D eigenvalue weighted by molar-refractivity contribution is 5.93. The van der Waals surface area contributed by atoms with Crippen molar-refractivity contribution in [3.63, 3.8) is 0 Å². The highest BCUT2D eigenvalue weighted by Crippen LogP contribution is 2.66. The van der Waals surface area contributed by atoms with Gasteiger partial charge in [-0.25, -0.2) is 4.79 Å². The first kappa shape index (κ1) is 24.8. The first-order valence-corrected chi connectivity index (χ1v) is 14.4. The molecule has 7 aliphatic rings. The van der Waals surface area contributed by atoms with Crippen molar-refractivity contribution < 1.29 is 43.1 Å². The molecule has 9 heteroatoms. The van der Waals surface area contributed by atoms with Gasteiger partial charge in [0, 0.05) is 31.1 Å². The van der Waals surface area contributed by atoms with Gasteiger partial charge in [-0.15, -0.1) is 0 Å². The number of ether oxygens (including phenoxy) is 6. The van der Waals surface area contributed by atoms with E-state index in [0.717, 1.165) is 64.2 Å². The van der Waals surface area contributed by atoms with Crippen molar-refractivity contribution in [1.29, 1.82) is 0 Å². The van der Waals surface area contributed by atoms with E-state index in [0.29, 0.717) is 12.8 Å². The molecule has 0 aromatic rings. The van der Waals surface area contributed by atoms with Gasteiger partial charge in [0.05, 0.1) is 5.41 Å². The number of rotatable bonds is 2. The smallest absolute Gasteiger partial charge is 0.351 e. The van der Waals surface area contributed by atoms with Gasteiger partial charge in [0.25, 0.3) is 0 Å². The highest BCUT2D eigenvalue weighted by atomic mass is 16.8. The van der Waals surface area contributed by atoms with Crippen LogP contribution >= 0.6 is 0 Å². The minimum Gasteiger partial charge on any atom is -0.454 e. The van der Waals surface area contributed by atoms with Crippen LogP contribution in [0.2, 0.25) is 0 Å². The second kappa shape index (κ2) is 7.90. The molecule has 2 spiro atoms. The first-order chi connectivity index (χ1) is 17.6. The molecule has 4 aliphatic carbocycles. The van der Waals surface area contributed by atoms with Gasteiger partial charge in [-0.05, 0) is 45.4 Å². The van der Waals surface area contributed by atoms with E-state index < -0.39 is 70.6 Å². The van der Waals surface area contributed by atoms with Crippen LogP contribution in [0.1, 0.15) is 97.8 Å². The third-order valence-corrected chi connectivity index (χ3v) is 11.3. The summed E-state index contributed by atoms with van der Waals surface area (Å²) >= 11 is 0. The van der Waals surface area contributed by atoms with E-state index in [-0.39, 0.29) is 5.97 Å². The molecule has 3 heterocycles. The molecule has 7 rings (SSSR count). The minimum atomic E-state index is -1.36. The van der Waals surface area contributed by atoms with Crippen molar-refractivity contribution in [2.24, 2.45) is 10.8 Å². The number of carbonyl (C=O) groups is 2. The lowest BCUT2D eigenvalue weighted by Gasteiger charge is -2.42. The fourth-order valence-corrected chi connectivity index (χ4v) is 8.43. The third-order valence-electron chi connectivity index (χ3n) is 11.3. The summed E-state index contributed by atoms with van der Waals surface area (Å²) in [4.78, 5) is 26.9. The van der Waals surface area contributed by atoms with Crippen LogP contribution in [0.4, 0.5) is 0 Å². The minimum absolute atomic E-state index is 0.348. The van der Waals surface area contributed by atoms with Gasteiger partial charge in [0.1, 0.15) is 30.5 Å².